The number of hydrogen-bond donors (Lipinski definition) is 2. The Morgan fingerprint density at radius 3 is 2.63 bits per heavy atom. The number of rotatable bonds is 5. The molecule has 0 aliphatic heterocycles. The van der Waals surface area contributed by atoms with Gasteiger partial charge in [-0.3, -0.25) is 0 Å². The van der Waals surface area contributed by atoms with Gasteiger partial charge >= 0.3 is 0 Å². The van der Waals surface area contributed by atoms with Crippen LogP contribution in [0.5, 0.6) is 0 Å². The van der Waals surface area contributed by atoms with Gasteiger partial charge in [0.1, 0.15) is 5.76 Å². The summed E-state index contributed by atoms with van der Waals surface area (Å²) in [7, 11) is -3.76. The third-order valence-electron chi connectivity index (χ3n) is 2.69. The van der Waals surface area contributed by atoms with Crippen molar-refractivity contribution in [2.75, 3.05) is 0 Å². The predicted octanol–water partition coefficient (Wildman–Crippen LogP) is 2.15. The Morgan fingerprint density at radius 1 is 1.37 bits per heavy atom. The van der Waals surface area contributed by atoms with Crippen LogP contribution in [0.25, 0.3) is 0 Å². The molecule has 0 spiro atoms. The minimum atomic E-state index is -3.76. The third-order valence-corrected chi connectivity index (χ3v) is 4.65. The summed E-state index contributed by atoms with van der Waals surface area (Å²) in [5.74, 6) is 0.546. The van der Waals surface area contributed by atoms with Crippen molar-refractivity contribution in [3.05, 3.63) is 39.8 Å². The van der Waals surface area contributed by atoms with Gasteiger partial charge in [0.25, 0.3) is 10.0 Å². The van der Waals surface area contributed by atoms with Crippen molar-refractivity contribution < 1.29 is 12.8 Å². The Morgan fingerprint density at radius 2 is 2.11 bits per heavy atom. The standard InChI is InChI=1S/C12H16N2O3S2/c1-8-3-5-11(18-8)9(2)14-7-10-4-6-12(17-10)19(13,15)16/h3-6,9,14H,7H2,1-2H3,(H2,13,15,16). The average Bonchev–Trinajstić information content (AvgIpc) is 2.93. The minimum Gasteiger partial charge on any atom is -0.447 e. The van der Waals surface area contributed by atoms with E-state index >= 15 is 0 Å². The second-order valence-electron chi connectivity index (χ2n) is 4.32. The monoisotopic (exact) mass is 300 g/mol. The highest BCUT2D eigenvalue weighted by Gasteiger charge is 2.14. The lowest BCUT2D eigenvalue weighted by molar-refractivity contribution is 0.394. The van der Waals surface area contributed by atoms with Crippen molar-refractivity contribution in [1.82, 2.24) is 5.32 Å². The Labute approximate surface area is 116 Å². The highest BCUT2D eigenvalue weighted by atomic mass is 32.2. The molecule has 5 nitrogen and oxygen atoms in total. The lowest BCUT2D eigenvalue weighted by atomic mass is 10.2. The summed E-state index contributed by atoms with van der Waals surface area (Å²) in [6.07, 6.45) is 0. The van der Waals surface area contributed by atoms with E-state index in [1.54, 1.807) is 17.4 Å². The SMILES string of the molecule is Cc1ccc(C(C)NCc2ccc(S(N)(=O)=O)o2)s1. The summed E-state index contributed by atoms with van der Waals surface area (Å²) in [6.45, 7) is 4.56. The quantitative estimate of drug-likeness (QED) is 0.886. The number of primary sulfonamides is 1. The van der Waals surface area contributed by atoms with E-state index in [4.69, 9.17) is 9.56 Å². The van der Waals surface area contributed by atoms with Crippen molar-refractivity contribution in [2.24, 2.45) is 5.14 Å². The van der Waals surface area contributed by atoms with Crippen LogP contribution in [-0.4, -0.2) is 8.42 Å². The maximum absolute atomic E-state index is 11.1. The molecule has 0 bridgehead atoms. The highest BCUT2D eigenvalue weighted by Crippen LogP contribution is 2.22. The number of sulfonamides is 1. The van der Waals surface area contributed by atoms with Gasteiger partial charge in [-0.05, 0) is 38.1 Å². The Hall–Kier alpha value is -1.15. The van der Waals surface area contributed by atoms with Gasteiger partial charge in [-0.1, -0.05) is 0 Å². The molecule has 1 unspecified atom stereocenters. The first-order valence-electron chi connectivity index (χ1n) is 5.77. The van der Waals surface area contributed by atoms with Gasteiger partial charge in [0.15, 0.2) is 0 Å². The van der Waals surface area contributed by atoms with Crippen LogP contribution in [0.1, 0.15) is 28.5 Å². The summed E-state index contributed by atoms with van der Waals surface area (Å²) in [5.41, 5.74) is 0. The van der Waals surface area contributed by atoms with Crippen LogP contribution >= 0.6 is 11.3 Å². The molecule has 0 amide bonds. The van der Waals surface area contributed by atoms with Crippen LogP contribution < -0.4 is 10.5 Å². The molecule has 1 atom stereocenters. The van der Waals surface area contributed by atoms with Crippen LogP contribution in [0, 0.1) is 6.92 Å². The van der Waals surface area contributed by atoms with E-state index in [9.17, 15) is 8.42 Å². The van der Waals surface area contributed by atoms with Crippen molar-refractivity contribution >= 4 is 21.4 Å². The summed E-state index contributed by atoms with van der Waals surface area (Å²) in [6, 6.07) is 7.31. The average molecular weight is 300 g/mol. The molecule has 0 aliphatic rings. The van der Waals surface area contributed by atoms with E-state index in [2.05, 4.69) is 31.3 Å². The molecule has 2 aromatic heterocycles. The van der Waals surface area contributed by atoms with Crippen LogP contribution in [-0.2, 0) is 16.6 Å². The first kappa shape index (κ1) is 14.3. The molecular weight excluding hydrogens is 284 g/mol. The fourth-order valence-electron chi connectivity index (χ4n) is 1.65. The Balaban J connectivity index is 1.97. The van der Waals surface area contributed by atoms with Gasteiger partial charge in [-0.2, -0.15) is 0 Å². The highest BCUT2D eigenvalue weighted by molar-refractivity contribution is 7.89. The van der Waals surface area contributed by atoms with Gasteiger partial charge in [-0.15, -0.1) is 11.3 Å². The largest absolute Gasteiger partial charge is 0.447 e. The maximum atomic E-state index is 11.1. The van der Waals surface area contributed by atoms with Gasteiger partial charge in [0, 0.05) is 15.8 Å². The Kier molecular flexibility index (Phi) is 4.10. The summed E-state index contributed by atoms with van der Waals surface area (Å²) in [5, 5.41) is 8.05. The van der Waals surface area contributed by atoms with E-state index < -0.39 is 10.0 Å². The number of hydrogen-bond acceptors (Lipinski definition) is 5. The molecule has 19 heavy (non-hydrogen) atoms. The molecule has 7 heteroatoms. The maximum Gasteiger partial charge on any atom is 0.271 e. The van der Waals surface area contributed by atoms with Gasteiger partial charge in [0.05, 0.1) is 6.54 Å². The normalized spacial score (nSPS) is 13.6. The van der Waals surface area contributed by atoms with E-state index in [0.29, 0.717) is 12.3 Å². The molecular formula is C12H16N2O3S2. The van der Waals surface area contributed by atoms with Gasteiger partial charge < -0.3 is 9.73 Å². The summed E-state index contributed by atoms with van der Waals surface area (Å²) < 4.78 is 27.3. The molecule has 0 aliphatic carbocycles. The fourth-order valence-corrected chi connectivity index (χ4v) is 3.03. The van der Waals surface area contributed by atoms with Crippen molar-refractivity contribution in [3.63, 3.8) is 0 Å². The van der Waals surface area contributed by atoms with E-state index in [1.807, 2.05) is 0 Å². The van der Waals surface area contributed by atoms with Crippen LogP contribution in [0.2, 0.25) is 0 Å². The summed E-state index contributed by atoms with van der Waals surface area (Å²) in [4.78, 5) is 2.49. The number of nitrogens with two attached hydrogens (primary N) is 1. The van der Waals surface area contributed by atoms with E-state index in [0.717, 1.165) is 0 Å². The smallest absolute Gasteiger partial charge is 0.271 e. The molecule has 3 N–H and O–H groups in total. The molecule has 2 rings (SSSR count). The zero-order chi connectivity index (χ0) is 14.0. The van der Waals surface area contributed by atoms with Crippen molar-refractivity contribution in [1.29, 1.82) is 0 Å². The minimum absolute atomic E-state index is 0.182. The first-order chi connectivity index (χ1) is 8.86. The lowest BCUT2D eigenvalue weighted by Gasteiger charge is -2.10. The second-order valence-corrected chi connectivity index (χ2v) is 7.13. The number of aryl methyl sites for hydroxylation is 1. The molecule has 2 heterocycles. The van der Waals surface area contributed by atoms with E-state index in [-0.39, 0.29) is 11.1 Å². The van der Waals surface area contributed by atoms with Crippen molar-refractivity contribution in [2.45, 2.75) is 31.5 Å². The van der Waals surface area contributed by atoms with Crippen LogP contribution in [0.15, 0.2) is 33.8 Å². The molecule has 0 saturated heterocycles. The number of thiophene rings is 1. The molecule has 2 aromatic rings. The first-order valence-corrected chi connectivity index (χ1v) is 8.14. The fraction of sp³-hybridized carbons (Fsp3) is 0.333. The topological polar surface area (TPSA) is 85.3 Å². The van der Waals surface area contributed by atoms with E-state index in [1.165, 1.54) is 15.8 Å². The molecule has 0 saturated carbocycles. The zero-order valence-electron chi connectivity index (χ0n) is 10.7. The van der Waals surface area contributed by atoms with Crippen LogP contribution in [0.4, 0.5) is 0 Å². The molecule has 0 radical (unpaired) electrons. The third kappa shape index (κ3) is 3.66. The molecule has 104 valence electrons. The van der Waals surface area contributed by atoms with Gasteiger partial charge in [0.2, 0.25) is 5.09 Å². The Bertz CT molecular complexity index is 658. The number of nitrogens with one attached hydrogen (secondary N) is 1. The summed E-state index contributed by atoms with van der Waals surface area (Å²) >= 11 is 1.73. The van der Waals surface area contributed by atoms with Gasteiger partial charge in [-0.25, -0.2) is 13.6 Å². The second kappa shape index (κ2) is 5.46. The predicted molar refractivity (Wildman–Crippen MR) is 74.4 cm³/mol. The van der Waals surface area contributed by atoms with Crippen molar-refractivity contribution in [3.8, 4) is 0 Å². The molecule has 0 fully saturated rings. The van der Waals surface area contributed by atoms with Crippen LogP contribution in [0.3, 0.4) is 0 Å². The number of furan rings is 1. The lowest BCUT2D eigenvalue weighted by Crippen LogP contribution is -2.16. The molecule has 0 aromatic carbocycles. The zero-order valence-corrected chi connectivity index (χ0v) is 12.3.